The predicted molar refractivity (Wildman–Crippen MR) is 79.4 cm³/mol. The molecule has 0 aliphatic carbocycles. The number of rotatable bonds is 6. The number of unbranched alkanes of at least 4 members (excludes halogenated alkanes) is 1. The standard InChI is InChI=1S/C15H22N2O3/c1-4-6-11-17(5-2)15(20)16(3)13-10-8-7-9-12(13)14(18)19/h7-10H,4-6,11H2,1-3H3,(H,18,19). The molecule has 1 N–H and O–H groups in total. The third kappa shape index (κ3) is 3.73. The zero-order chi connectivity index (χ0) is 15.1. The first-order valence-corrected chi connectivity index (χ1v) is 6.87. The van der Waals surface area contributed by atoms with Gasteiger partial charge in [0.2, 0.25) is 0 Å². The van der Waals surface area contributed by atoms with Crippen molar-refractivity contribution in [2.75, 3.05) is 25.0 Å². The van der Waals surface area contributed by atoms with Gasteiger partial charge in [0.1, 0.15) is 0 Å². The number of carbonyl (C=O) groups is 2. The minimum atomic E-state index is -1.03. The Morgan fingerprint density at radius 3 is 2.40 bits per heavy atom. The van der Waals surface area contributed by atoms with Crippen molar-refractivity contribution in [3.8, 4) is 0 Å². The minimum absolute atomic E-state index is 0.134. The summed E-state index contributed by atoms with van der Waals surface area (Å²) in [5.41, 5.74) is 0.551. The smallest absolute Gasteiger partial charge is 0.337 e. The van der Waals surface area contributed by atoms with Crippen LogP contribution in [0.25, 0.3) is 0 Å². The number of urea groups is 1. The quantitative estimate of drug-likeness (QED) is 0.870. The summed E-state index contributed by atoms with van der Waals surface area (Å²) in [5, 5.41) is 9.18. The lowest BCUT2D eigenvalue weighted by Crippen LogP contribution is -2.42. The zero-order valence-corrected chi connectivity index (χ0v) is 12.3. The summed E-state index contributed by atoms with van der Waals surface area (Å²) < 4.78 is 0. The molecule has 0 saturated heterocycles. The first-order chi connectivity index (χ1) is 9.52. The molecular formula is C15H22N2O3. The van der Waals surface area contributed by atoms with Gasteiger partial charge in [0.25, 0.3) is 0 Å². The highest BCUT2D eigenvalue weighted by Crippen LogP contribution is 2.20. The van der Waals surface area contributed by atoms with Crippen molar-refractivity contribution in [1.29, 1.82) is 0 Å². The molecular weight excluding hydrogens is 256 g/mol. The fourth-order valence-corrected chi connectivity index (χ4v) is 2.00. The van der Waals surface area contributed by atoms with Crippen LogP contribution in [0, 0.1) is 0 Å². The highest BCUT2D eigenvalue weighted by atomic mass is 16.4. The summed E-state index contributed by atoms with van der Waals surface area (Å²) in [6.45, 7) is 5.29. The zero-order valence-electron chi connectivity index (χ0n) is 12.3. The molecule has 0 aromatic heterocycles. The lowest BCUT2D eigenvalue weighted by Gasteiger charge is -2.28. The van der Waals surface area contributed by atoms with E-state index in [0.29, 0.717) is 18.8 Å². The largest absolute Gasteiger partial charge is 0.478 e. The van der Waals surface area contributed by atoms with E-state index in [0.717, 1.165) is 12.8 Å². The third-order valence-corrected chi connectivity index (χ3v) is 3.22. The highest BCUT2D eigenvalue weighted by Gasteiger charge is 2.21. The Labute approximate surface area is 119 Å². The number of benzene rings is 1. The van der Waals surface area contributed by atoms with E-state index in [9.17, 15) is 14.7 Å². The van der Waals surface area contributed by atoms with E-state index in [-0.39, 0.29) is 11.6 Å². The maximum Gasteiger partial charge on any atom is 0.337 e. The van der Waals surface area contributed by atoms with E-state index in [1.54, 1.807) is 30.1 Å². The van der Waals surface area contributed by atoms with Crippen molar-refractivity contribution in [3.63, 3.8) is 0 Å². The summed E-state index contributed by atoms with van der Waals surface area (Å²) in [5.74, 6) is -1.03. The fourth-order valence-electron chi connectivity index (χ4n) is 2.00. The van der Waals surface area contributed by atoms with Crippen molar-refractivity contribution >= 4 is 17.7 Å². The van der Waals surface area contributed by atoms with Crippen molar-refractivity contribution in [3.05, 3.63) is 29.8 Å². The van der Waals surface area contributed by atoms with Crippen LogP contribution in [0.15, 0.2) is 24.3 Å². The van der Waals surface area contributed by atoms with Crippen LogP contribution in [0.2, 0.25) is 0 Å². The number of carboxylic acids is 1. The monoisotopic (exact) mass is 278 g/mol. The van der Waals surface area contributed by atoms with Gasteiger partial charge in [0, 0.05) is 20.1 Å². The van der Waals surface area contributed by atoms with E-state index in [1.807, 2.05) is 6.92 Å². The number of anilines is 1. The van der Waals surface area contributed by atoms with Crippen molar-refractivity contribution in [2.24, 2.45) is 0 Å². The first kappa shape index (κ1) is 16.0. The van der Waals surface area contributed by atoms with Crippen LogP contribution in [0.4, 0.5) is 10.5 Å². The molecule has 0 fully saturated rings. The molecule has 0 radical (unpaired) electrons. The number of amides is 2. The van der Waals surface area contributed by atoms with Crippen LogP contribution in [0.5, 0.6) is 0 Å². The summed E-state index contributed by atoms with van der Waals surface area (Å²) in [7, 11) is 1.61. The molecule has 0 heterocycles. The van der Waals surface area contributed by atoms with Gasteiger partial charge in [0.05, 0.1) is 11.3 Å². The second kappa shape index (κ2) is 7.53. The number of hydrogen-bond acceptors (Lipinski definition) is 2. The van der Waals surface area contributed by atoms with Gasteiger partial charge in [-0.1, -0.05) is 25.5 Å². The van der Waals surface area contributed by atoms with Gasteiger partial charge >= 0.3 is 12.0 Å². The Bertz CT molecular complexity index is 474. The molecule has 110 valence electrons. The second-order valence-corrected chi connectivity index (χ2v) is 4.60. The average Bonchev–Trinajstić information content (AvgIpc) is 2.46. The van der Waals surface area contributed by atoms with Gasteiger partial charge in [-0.15, -0.1) is 0 Å². The molecule has 0 aliphatic heterocycles. The van der Waals surface area contributed by atoms with E-state index in [2.05, 4.69) is 6.92 Å². The van der Waals surface area contributed by atoms with Crippen molar-refractivity contribution < 1.29 is 14.7 Å². The Hall–Kier alpha value is -2.04. The van der Waals surface area contributed by atoms with E-state index in [1.165, 1.54) is 11.0 Å². The Kier molecular flexibility index (Phi) is 6.03. The molecule has 5 heteroatoms. The van der Waals surface area contributed by atoms with Crippen LogP contribution >= 0.6 is 0 Å². The van der Waals surface area contributed by atoms with Crippen LogP contribution in [-0.4, -0.2) is 42.1 Å². The molecule has 2 amide bonds. The third-order valence-electron chi connectivity index (χ3n) is 3.22. The number of para-hydroxylation sites is 1. The number of aromatic carboxylic acids is 1. The summed E-state index contributed by atoms with van der Waals surface area (Å²) in [6, 6.07) is 6.36. The number of carbonyl (C=O) groups excluding carboxylic acids is 1. The molecule has 1 aromatic carbocycles. The first-order valence-electron chi connectivity index (χ1n) is 6.87. The SMILES string of the molecule is CCCCN(CC)C(=O)N(C)c1ccccc1C(=O)O. The number of carboxylic acid groups (broad SMARTS) is 1. The van der Waals surface area contributed by atoms with Gasteiger partial charge in [-0.25, -0.2) is 9.59 Å². The lowest BCUT2D eigenvalue weighted by atomic mass is 10.1. The van der Waals surface area contributed by atoms with E-state index in [4.69, 9.17) is 0 Å². The van der Waals surface area contributed by atoms with Crippen LogP contribution < -0.4 is 4.90 Å². The molecule has 1 aromatic rings. The van der Waals surface area contributed by atoms with Gasteiger partial charge in [-0.3, -0.25) is 4.90 Å². The second-order valence-electron chi connectivity index (χ2n) is 4.60. The molecule has 0 spiro atoms. The molecule has 0 aliphatic rings. The Morgan fingerprint density at radius 1 is 1.20 bits per heavy atom. The molecule has 0 atom stereocenters. The molecule has 0 saturated carbocycles. The Morgan fingerprint density at radius 2 is 1.85 bits per heavy atom. The van der Waals surface area contributed by atoms with Gasteiger partial charge in [-0.05, 0) is 25.5 Å². The average molecular weight is 278 g/mol. The predicted octanol–water partition coefficient (Wildman–Crippen LogP) is 3.06. The topological polar surface area (TPSA) is 60.9 Å². The van der Waals surface area contributed by atoms with Gasteiger partial charge < -0.3 is 10.0 Å². The maximum atomic E-state index is 12.4. The van der Waals surface area contributed by atoms with Crippen molar-refractivity contribution in [2.45, 2.75) is 26.7 Å². The molecule has 0 unspecified atom stereocenters. The minimum Gasteiger partial charge on any atom is -0.478 e. The van der Waals surface area contributed by atoms with Crippen molar-refractivity contribution in [1.82, 2.24) is 4.90 Å². The normalized spacial score (nSPS) is 10.2. The molecule has 0 bridgehead atoms. The van der Waals surface area contributed by atoms with Gasteiger partial charge in [0.15, 0.2) is 0 Å². The molecule has 5 nitrogen and oxygen atoms in total. The van der Waals surface area contributed by atoms with Crippen LogP contribution in [0.3, 0.4) is 0 Å². The lowest BCUT2D eigenvalue weighted by molar-refractivity contribution is 0.0697. The van der Waals surface area contributed by atoms with Crippen LogP contribution in [-0.2, 0) is 0 Å². The highest BCUT2D eigenvalue weighted by molar-refractivity contribution is 6.01. The molecule has 20 heavy (non-hydrogen) atoms. The van der Waals surface area contributed by atoms with E-state index < -0.39 is 5.97 Å². The number of hydrogen-bond donors (Lipinski definition) is 1. The van der Waals surface area contributed by atoms with Gasteiger partial charge in [-0.2, -0.15) is 0 Å². The fraction of sp³-hybridized carbons (Fsp3) is 0.467. The summed E-state index contributed by atoms with van der Waals surface area (Å²) in [6.07, 6.45) is 1.95. The summed E-state index contributed by atoms with van der Waals surface area (Å²) >= 11 is 0. The Balaban J connectivity index is 2.96. The maximum absolute atomic E-state index is 12.4. The van der Waals surface area contributed by atoms with E-state index >= 15 is 0 Å². The molecule has 1 rings (SSSR count). The van der Waals surface area contributed by atoms with Crippen LogP contribution in [0.1, 0.15) is 37.0 Å². The number of nitrogens with zero attached hydrogens (tertiary/aromatic N) is 2. The summed E-state index contributed by atoms with van der Waals surface area (Å²) in [4.78, 5) is 26.8.